The summed E-state index contributed by atoms with van der Waals surface area (Å²) in [5.41, 5.74) is 1.51. The number of hydrogen-bond acceptors (Lipinski definition) is 7. The Kier molecular flexibility index (Phi) is 7.49. The van der Waals surface area contributed by atoms with Gasteiger partial charge in [0.2, 0.25) is 0 Å². The number of rotatable bonds is 10. The molecule has 0 radical (unpaired) electrons. The Morgan fingerprint density at radius 1 is 0.882 bits per heavy atom. The van der Waals surface area contributed by atoms with Crippen molar-refractivity contribution in [3.63, 3.8) is 0 Å². The maximum absolute atomic E-state index is 12.8. The van der Waals surface area contributed by atoms with Gasteiger partial charge < -0.3 is 14.2 Å². The lowest BCUT2D eigenvalue weighted by Gasteiger charge is -2.17. The smallest absolute Gasteiger partial charge is 0.196 e. The molecule has 1 aromatic heterocycles. The molecule has 0 aliphatic heterocycles. The standard InChI is InChI=1S/C26H25N3O4S/c1-18(33-23-11-7-10-22(16-23)32-3)25-27-28-26(29(25)20-8-5-4-6-9-20)34-17-24(30)19-12-14-21(31-2)15-13-19/h4-16,18H,17H2,1-3H3. The van der Waals surface area contributed by atoms with E-state index in [-0.39, 0.29) is 11.5 Å². The van der Waals surface area contributed by atoms with Crippen molar-refractivity contribution in [1.29, 1.82) is 0 Å². The molecule has 1 unspecified atom stereocenters. The van der Waals surface area contributed by atoms with E-state index in [4.69, 9.17) is 14.2 Å². The molecule has 1 heterocycles. The van der Waals surface area contributed by atoms with Gasteiger partial charge in [-0.25, -0.2) is 0 Å². The van der Waals surface area contributed by atoms with Crippen LogP contribution in [0.4, 0.5) is 0 Å². The largest absolute Gasteiger partial charge is 0.497 e. The molecule has 1 atom stereocenters. The fourth-order valence-corrected chi connectivity index (χ4v) is 4.23. The minimum absolute atomic E-state index is 0.00232. The summed E-state index contributed by atoms with van der Waals surface area (Å²) in [5.74, 6) is 2.94. The number of ether oxygens (including phenoxy) is 3. The third-order valence-corrected chi connectivity index (χ3v) is 6.06. The Labute approximate surface area is 202 Å². The average Bonchev–Trinajstić information content (AvgIpc) is 3.32. The summed E-state index contributed by atoms with van der Waals surface area (Å²) in [6.07, 6.45) is -0.397. The maximum atomic E-state index is 12.8. The van der Waals surface area contributed by atoms with Crippen molar-refractivity contribution in [2.45, 2.75) is 18.2 Å². The number of nitrogens with zero attached hydrogens (tertiary/aromatic N) is 3. The molecule has 8 heteroatoms. The summed E-state index contributed by atoms with van der Waals surface area (Å²) in [4.78, 5) is 12.8. The lowest BCUT2D eigenvalue weighted by Crippen LogP contribution is -2.12. The number of carbonyl (C=O) groups is 1. The van der Waals surface area contributed by atoms with E-state index < -0.39 is 6.10 Å². The first-order valence-corrected chi connectivity index (χ1v) is 11.7. The Hall–Kier alpha value is -3.78. The summed E-state index contributed by atoms with van der Waals surface area (Å²) in [5, 5.41) is 9.41. The van der Waals surface area contributed by atoms with E-state index in [9.17, 15) is 4.79 Å². The van der Waals surface area contributed by atoms with Crippen LogP contribution < -0.4 is 14.2 Å². The zero-order chi connectivity index (χ0) is 23.9. The molecule has 7 nitrogen and oxygen atoms in total. The number of hydrogen-bond donors (Lipinski definition) is 0. The molecule has 34 heavy (non-hydrogen) atoms. The molecule has 0 saturated carbocycles. The molecule has 4 aromatic rings. The number of aromatic nitrogens is 3. The van der Waals surface area contributed by atoms with E-state index in [0.717, 1.165) is 5.69 Å². The lowest BCUT2D eigenvalue weighted by molar-refractivity contribution is 0.102. The van der Waals surface area contributed by atoms with Gasteiger partial charge in [-0.2, -0.15) is 0 Å². The first kappa shape index (κ1) is 23.4. The van der Waals surface area contributed by atoms with Crippen LogP contribution in [0.25, 0.3) is 5.69 Å². The van der Waals surface area contributed by atoms with Gasteiger partial charge in [-0.05, 0) is 55.5 Å². The quantitative estimate of drug-likeness (QED) is 0.225. The molecule has 0 N–H and O–H groups in total. The van der Waals surface area contributed by atoms with Gasteiger partial charge in [-0.3, -0.25) is 9.36 Å². The summed E-state index contributed by atoms with van der Waals surface area (Å²) in [7, 11) is 3.21. The van der Waals surface area contributed by atoms with Crippen molar-refractivity contribution < 1.29 is 19.0 Å². The highest BCUT2D eigenvalue weighted by Gasteiger charge is 2.22. The van der Waals surface area contributed by atoms with E-state index in [1.165, 1.54) is 11.8 Å². The number of Topliss-reactive ketones (excluding diaryl/α,β-unsaturated/α-hetero) is 1. The van der Waals surface area contributed by atoms with Crippen LogP contribution in [0.1, 0.15) is 29.2 Å². The molecule has 4 rings (SSSR count). The molecule has 0 bridgehead atoms. The van der Waals surface area contributed by atoms with Crippen LogP contribution in [0, 0.1) is 0 Å². The Bertz CT molecular complexity index is 1240. The second-order valence-corrected chi connectivity index (χ2v) is 8.33. The van der Waals surface area contributed by atoms with Gasteiger partial charge in [0.1, 0.15) is 17.2 Å². The van der Waals surface area contributed by atoms with E-state index >= 15 is 0 Å². The fourth-order valence-electron chi connectivity index (χ4n) is 3.38. The highest BCUT2D eigenvalue weighted by atomic mass is 32.2. The zero-order valence-corrected chi connectivity index (χ0v) is 20.0. The number of thioether (sulfide) groups is 1. The van der Waals surface area contributed by atoms with E-state index in [1.807, 2.05) is 66.1 Å². The predicted octanol–water partition coefficient (Wildman–Crippen LogP) is 5.40. The van der Waals surface area contributed by atoms with Crippen LogP contribution in [0.3, 0.4) is 0 Å². The van der Waals surface area contributed by atoms with E-state index in [2.05, 4.69) is 10.2 Å². The average molecular weight is 476 g/mol. The van der Waals surface area contributed by atoms with Gasteiger partial charge >= 0.3 is 0 Å². The number of ketones is 1. The van der Waals surface area contributed by atoms with Crippen LogP contribution in [0.5, 0.6) is 17.2 Å². The van der Waals surface area contributed by atoms with Crippen LogP contribution in [-0.4, -0.2) is 40.5 Å². The highest BCUT2D eigenvalue weighted by Crippen LogP contribution is 2.29. The summed E-state index contributed by atoms with van der Waals surface area (Å²) >= 11 is 1.34. The van der Waals surface area contributed by atoms with Crippen molar-refractivity contribution in [3.8, 4) is 22.9 Å². The molecule has 0 aliphatic carbocycles. The molecular formula is C26H25N3O4S. The van der Waals surface area contributed by atoms with Gasteiger partial charge in [-0.1, -0.05) is 36.0 Å². The number of methoxy groups -OCH3 is 2. The zero-order valence-electron chi connectivity index (χ0n) is 19.2. The van der Waals surface area contributed by atoms with Gasteiger partial charge in [0.25, 0.3) is 0 Å². The molecule has 3 aromatic carbocycles. The van der Waals surface area contributed by atoms with Gasteiger partial charge in [0.05, 0.1) is 20.0 Å². The van der Waals surface area contributed by atoms with Crippen molar-refractivity contribution in [3.05, 3.63) is 90.3 Å². The monoisotopic (exact) mass is 475 g/mol. The Balaban J connectivity index is 1.57. The lowest BCUT2D eigenvalue weighted by atomic mass is 10.1. The molecule has 0 saturated heterocycles. The molecule has 0 aliphatic rings. The van der Waals surface area contributed by atoms with Crippen LogP contribution >= 0.6 is 11.8 Å². The topological polar surface area (TPSA) is 75.5 Å². The van der Waals surface area contributed by atoms with Gasteiger partial charge in [-0.15, -0.1) is 10.2 Å². The van der Waals surface area contributed by atoms with Crippen LogP contribution in [-0.2, 0) is 0 Å². The third-order valence-electron chi connectivity index (χ3n) is 5.13. The minimum Gasteiger partial charge on any atom is -0.497 e. The molecule has 0 amide bonds. The number of para-hydroxylation sites is 1. The normalized spacial score (nSPS) is 11.6. The summed E-state index contributed by atoms with van der Waals surface area (Å²) in [6.45, 7) is 1.92. The first-order valence-electron chi connectivity index (χ1n) is 10.7. The maximum Gasteiger partial charge on any atom is 0.196 e. The Morgan fingerprint density at radius 2 is 1.59 bits per heavy atom. The highest BCUT2D eigenvalue weighted by molar-refractivity contribution is 7.99. The van der Waals surface area contributed by atoms with Crippen LogP contribution in [0.2, 0.25) is 0 Å². The van der Waals surface area contributed by atoms with Crippen molar-refractivity contribution in [2.24, 2.45) is 0 Å². The van der Waals surface area contributed by atoms with Crippen LogP contribution in [0.15, 0.2) is 84.0 Å². The third kappa shape index (κ3) is 5.40. The van der Waals surface area contributed by atoms with E-state index in [1.54, 1.807) is 38.5 Å². The summed E-state index contributed by atoms with van der Waals surface area (Å²) in [6, 6.07) is 24.3. The fraction of sp³-hybridized carbons (Fsp3) is 0.192. The van der Waals surface area contributed by atoms with Crippen molar-refractivity contribution in [2.75, 3.05) is 20.0 Å². The second kappa shape index (κ2) is 10.9. The van der Waals surface area contributed by atoms with Crippen molar-refractivity contribution in [1.82, 2.24) is 14.8 Å². The van der Waals surface area contributed by atoms with Crippen molar-refractivity contribution >= 4 is 17.5 Å². The summed E-state index contributed by atoms with van der Waals surface area (Å²) < 4.78 is 18.5. The molecule has 174 valence electrons. The minimum atomic E-state index is -0.397. The SMILES string of the molecule is COc1ccc(C(=O)CSc2nnc(C(C)Oc3cccc(OC)c3)n2-c2ccccc2)cc1. The van der Waals surface area contributed by atoms with E-state index in [0.29, 0.717) is 33.8 Å². The second-order valence-electron chi connectivity index (χ2n) is 7.39. The number of benzene rings is 3. The molecular weight excluding hydrogens is 450 g/mol. The molecule has 0 spiro atoms. The molecule has 0 fully saturated rings. The Morgan fingerprint density at radius 3 is 2.29 bits per heavy atom. The first-order chi connectivity index (χ1) is 16.6. The van der Waals surface area contributed by atoms with Gasteiger partial charge in [0.15, 0.2) is 22.9 Å². The van der Waals surface area contributed by atoms with Gasteiger partial charge in [0, 0.05) is 17.3 Å². The number of carbonyl (C=O) groups excluding carboxylic acids is 1. The predicted molar refractivity (Wildman–Crippen MR) is 131 cm³/mol.